The van der Waals surface area contributed by atoms with E-state index in [0.717, 1.165) is 12.1 Å². The van der Waals surface area contributed by atoms with Gasteiger partial charge in [0.1, 0.15) is 6.26 Å². The van der Waals surface area contributed by atoms with Crippen LogP contribution in [-0.4, -0.2) is 5.91 Å². The molecule has 2 N–H and O–H groups in total. The van der Waals surface area contributed by atoms with Crippen molar-refractivity contribution in [2.45, 2.75) is 20.3 Å². The molecule has 1 amide bonds. The number of rotatable bonds is 2. The lowest BCUT2D eigenvalue weighted by Gasteiger charge is -2.08. The summed E-state index contributed by atoms with van der Waals surface area (Å²) in [5.41, 5.74) is 0.966. The van der Waals surface area contributed by atoms with Gasteiger partial charge in [0.25, 0.3) is 0 Å². The lowest BCUT2D eigenvalue weighted by atomic mass is 10.4. The molecular weight excluding hydrogens is 144 g/mol. The van der Waals surface area contributed by atoms with Crippen LogP contribution in [-0.2, 0) is 9.53 Å². The van der Waals surface area contributed by atoms with Gasteiger partial charge in [0.05, 0.1) is 5.70 Å². The van der Waals surface area contributed by atoms with Crippen LogP contribution in [0, 0.1) is 6.35 Å². The van der Waals surface area contributed by atoms with Crippen LogP contribution in [0.1, 0.15) is 20.3 Å². The predicted molar refractivity (Wildman–Crippen MR) is 39.7 cm³/mol. The lowest BCUT2D eigenvalue weighted by Crippen LogP contribution is -2.33. The Morgan fingerprint density at radius 2 is 2.55 bits per heavy atom. The van der Waals surface area contributed by atoms with Gasteiger partial charge in [-0.15, -0.1) is 0 Å². The molecular formula is C7H11N2O2. The van der Waals surface area contributed by atoms with E-state index in [1.54, 1.807) is 6.26 Å². The Kier molecular flexibility index (Phi) is 2.36. The summed E-state index contributed by atoms with van der Waals surface area (Å²) in [6.45, 7) is 3.43. The second-order valence-corrected chi connectivity index (χ2v) is 2.25. The van der Waals surface area contributed by atoms with E-state index in [2.05, 4.69) is 10.6 Å². The summed E-state index contributed by atoms with van der Waals surface area (Å²) >= 11 is 0. The first-order valence-corrected chi connectivity index (χ1v) is 3.49. The molecule has 0 spiro atoms. The molecule has 1 heterocycles. The normalized spacial score (nSPS) is 16.7. The Morgan fingerprint density at radius 1 is 1.82 bits per heavy atom. The van der Waals surface area contributed by atoms with Crippen molar-refractivity contribution in [2.75, 3.05) is 0 Å². The van der Waals surface area contributed by atoms with Gasteiger partial charge in [0, 0.05) is 6.92 Å². The van der Waals surface area contributed by atoms with E-state index in [4.69, 9.17) is 4.74 Å². The van der Waals surface area contributed by atoms with Crippen molar-refractivity contribution in [2.24, 2.45) is 0 Å². The maximum absolute atomic E-state index is 10.5. The molecule has 61 valence electrons. The van der Waals surface area contributed by atoms with E-state index in [1.165, 1.54) is 6.92 Å². The Bertz CT molecular complexity index is 189. The number of amides is 1. The first-order valence-electron chi connectivity index (χ1n) is 3.49. The molecule has 0 fully saturated rings. The number of carbonyl (C=O) groups excluding carboxylic acids is 1. The minimum atomic E-state index is -0.141. The van der Waals surface area contributed by atoms with Crippen LogP contribution < -0.4 is 10.6 Å². The van der Waals surface area contributed by atoms with Gasteiger partial charge in [0.15, 0.2) is 0 Å². The Morgan fingerprint density at radius 3 is 3.00 bits per heavy atom. The first kappa shape index (κ1) is 7.91. The summed E-state index contributed by atoms with van der Waals surface area (Å²) in [6, 6.07) is 0. The largest absolute Gasteiger partial charge is 0.449 e. The maximum atomic E-state index is 10.5. The smallest absolute Gasteiger partial charge is 0.344 e. The van der Waals surface area contributed by atoms with Crippen molar-refractivity contribution in [1.82, 2.24) is 10.6 Å². The molecule has 0 saturated heterocycles. The van der Waals surface area contributed by atoms with Crippen LogP contribution in [0.3, 0.4) is 0 Å². The Balaban J connectivity index is 2.30. The zero-order chi connectivity index (χ0) is 8.27. The Labute approximate surface area is 65.6 Å². The second-order valence-electron chi connectivity index (χ2n) is 2.25. The number of hydrogen-bond donors (Lipinski definition) is 2. The molecule has 11 heavy (non-hydrogen) atoms. The molecule has 1 aliphatic heterocycles. The fourth-order valence-corrected chi connectivity index (χ4v) is 0.727. The summed E-state index contributed by atoms with van der Waals surface area (Å²) in [5, 5.41) is 5.39. The molecule has 1 aliphatic rings. The second kappa shape index (κ2) is 3.27. The summed E-state index contributed by atoms with van der Waals surface area (Å²) in [7, 11) is 0. The van der Waals surface area contributed by atoms with Crippen LogP contribution in [0.25, 0.3) is 0 Å². The van der Waals surface area contributed by atoms with Crippen molar-refractivity contribution in [3.05, 3.63) is 18.3 Å². The van der Waals surface area contributed by atoms with Crippen LogP contribution in [0.2, 0.25) is 0 Å². The number of hydrogen-bond acceptors (Lipinski definition) is 3. The molecule has 0 aliphatic carbocycles. The molecule has 4 nitrogen and oxygen atoms in total. The van der Waals surface area contributed by atoms with Gasteiger partial charge < -0.3 is 10.1 Å². The number of allylic oxidation sites excluding steroid dienone is 1. The van der Waals surface area contributed by atoms with E-state index in [-0.39, 0.29) is 5.91 Å². The van der Waals surface area contributed by atoms with Gasteiger partial charge in [-0.3, -0.25) is 10.1 Å². The van der Waals surface area contributed by atoms with Gasteiger partial charge in [-0.1, -0.05) is 6.92 Å². The van der Waals surface area contributed by atoms with E-state index < -0.39 is 0 Å². The third-order valence-corrected chi connectivity index (χ3v) is 1.26. The molecule has 0 bridgehead atoms. The molecule has 0 aromatic heterocycles. The first-order chi connectivity index (χ1) is 5.22. The minimum absolute atomic E-state index is 0.141. The van der Waals surface area contributed by atoms with E-state index in [1.807, 2.05) is 6.92 Å². The highest BCUT2D eigenvalue weighted by Gasteiger charge is 2.18. The fraction of sp³-hybridized carbons (Fsp3) is 0.429. The van der Waals surface area contributed by atoms with E-state index >= 15 is 0 Å². The summed E-state index contributed by atoms with van der Waals surface area (Å²) in [6.07, 6.45) is 2.85. The van der Waals surface area contributed by atoms with E-state index in [9.17, 15) is 4.79 Å². The van der Waals surface area contributed by atoms with Gasteiger partial charge in [-0.05, 0) is 6.42 Å². The average Bonchev–Trinajstić information content (AvgIpc) is 2.34. The van der Waals surface area contributed by atoms with Gasteiger partial charge in [0.2, 0.25) is 5.91 Å². The molecule has 4 heteroatoms. The maximum Gasteiger partial charge on any atom is 0.344 e. The summed E-state index contributed by atoms with van der Waals surface area (Å²) < 4.78 is 4.98. The van der Waals surface area contributed by atoms with E-state index in [0.29, 0.717) is 6.35 Å². The zero-order valence-corrected chi connectivity index (χ0v) is 6.60. The average molecular weight is 155 g/mol. The van der Waals surface area contributed by atoms with Gasteiger partial charge >= 0.3 is 6.35 Å². The molecule has 0 atom stereocenters. The van der Waals surface area contributed by atoms with Crippen LogP contribution >= 0.6 is 0 Å². The SMILES string of the molecule is CCC1=CO[C](NC(C)=O)N1. The quantitative estimate of drug-likeness (QED) is 0.608. The van der Waals surface area contributed by atoms with Crippen LogP contribution in [0.4, 0.5) is 0 Å². The van der Waals surface area contributed by atoms with Crippen molar-refractivity contribution >= 4 is 5.91 Å². The molecule has 1 rings (SSSR count). The molecule has 0 saturated carbocycles. The highest BCUT2D eigenvalue weighted by atomic mass is 16.5. The third-order valence-electron chi connectivity index (χ3n) is 1.26. The monoisotopic (exact) mass is 155 g/mol. The third kappa shape index (κ3) is 2.14. The topological polar surface area (TPSA) is 50.4 Å². The highest BCUT2D eigenvalue weighted by Crippen LogP contribution is 2.10. The van der Waals surface area contributed by atoms with Gasteiger partial charge in [-0.2, -0.15) is 0 Å². The summed E-state index contributed by atoms with van der Waals surface area (Å²) in [4.78, 5) is 10.5. The van der Waals surface area contributed by atoms with Crippen LogP contribution in [0.5, 0.6) is 0 Å². The minimum Gasteiger partial charge on any atom is -0.449 e. The fourth-order valence-electron chi connectivity index (χ4n) is 0.727. The molecule has 1 radical (unpaired) electrons. The van der Waals surface area contributed by atoms with Crippen molar-refractivity contribution in [1.29, 1.82) is 0 Å². The number of carbonyl (C=O) groups is 1. The zero-order valence-electron chi connectivity index (χ0n) is 6.60. The molecule has 0 unspecified atom stereocenters. The number of nitrogens with one attached hydrogen (secondary N) is 2. The number of ether oxygens (including phenoxy) is 1. The summed E-state index contributed by atoms with van der Waals surface area (Å²) in [5.74, 6) is -0.141. The van der Waals surface area contributed by atoms with Crippen molar-refractivity contribution < 1.29 is 9.53 Å². The van der Waals surface area contributed by atoms with Gasteiger partial charge in [-0.25, -0.2) is 0 Å². The van der Waals surface area contributed by atoms with Crippen molar-refractivity contribution in [3.8, 4) is 0 Å². The standard InChI is InChI=1S/C7H11N2O2/c1-3-6-4-11-7(9-6)8-5(2)10/h4,9H,3H2,1-2H3,(H,8,10). The highest BCUT2D eigenvalue weighted by molar-refractivity contribution is 5.74. The Hall–Kier alpha value is -1.19. The van der Waals surface area contributed by atoms with Crippen LogP contribution in [0.15, 0.2) is 12.0 Å². The molecule has 0 aromatic rings. The lowest BCUT2D eigenvalue weighted by molar-refractivity contribution is -0.119. The van der Waals surface area contributed by atoms with Crippen molar-refractivity contribution in [3.63, 3.8) is 0 Å². The predicted octanol–water partition coefficient (Wildman–Crippen LogP) is 0.441. The molecule has 0 aromatic carbocycles.